The van der Waals surface area contributed by atoms with Crippen molar-refractivity contribution in [1.82, 2.24) is 0 Å². The van der Waals surface area contributed by atoms with E-state index in [9.17, 15) is 4.79 Å². The van der Waals surface area contributed by atoms with Crippen molar-refractivity contribution in [2.24, 2.45) is 5.73 Å². The Morgan fingerprint density at radius 1 is 1.80 bits per heavy atom. The lowest BCUT2D eigenvalue weighted by atomic mass is 10.2. The average molecular weight is 161 g/mol. The molecule has 0 aromatic carbocycles. The van der Waals surface area contributed by atoms with Crippen LogP contribution >= 0.6 is 12.2 Å². The second-order valence-electron chi connectivity index (χ2n) is 2.04. The lowest BCUT2D eigenvalue weighted by molar-refractivity contribution is -0.141. The molecule has 0 saturated heterocycles. The third-order valence-corrected chi connectivity index (χ3v) is 1.18. The minimum atomic E-state index is -0.595. The predicted octanol–water partition coefficient (Wildman–Crippen LogP) is 0.267. The van der Waals surface area contributed by atoms with Crippen LogP contribution in [-0.4, -0.2) is 24.0 Å². The minimum Gasteiger partial charge on any atom is -0.468 e. The van der Waals surface area contributed by atoms with Crippen LogP contribution in [-0.2, 0) is 9.53 Å². The third-order valence-electron chi connectivity index (χ3n) is 1.01. The molecule has 0 aromatic heterocycles. The molecule has 1 unspecified atom stereocenters. The zero-order valence-electron chi connectivity index (χ0n) is 6.09. The number of esters is 1. The second-order valence-corrected chi connectivity index (χ2v) is 2.73. The lowest BCUT2D eigenvalue weighted by Gasteiger charge is -2.06. The van der Waals surface area contributed by atoms with Gasteiger partial charge in [0.1, 0.15) is 6.04 Å². The summed E-state index contributed by atoms with van der Waals surface area (Å²) in [7, 11) is 1.31. The van der Waals surface area contributed by atoms with E-state index in [1.54, 1.807) is 6.92 Å². The quantitative estimate of drug-likeness (QED) is 0.476. The summed E-state index contributed by atoms with van der Waals surface area (Å²) in [4.78, 5) is 11.4. The fourth-order valence-electron chi connectivity index (χ4n) is 0.544. The monoisotopic (exact) mass is 161 g/mol. The van der Waals surface area contributed by atoms with Gasteiger partial charge in [0.25, 0.3) is 0 Å². The van der Waals surface area contributed by atoms with Crippen LogP contribution in [0, 0.1) is 0 Å². The Labute approximate surface area is 65.5 Å². The van der Waals surface area contributed by atoms with E-state index in [-0.39, 0.29) is 0 Å². The van der Waals surface area contributed by atoms with E-state index in [1.807, 2.05) is 0 Å². The first-order valence-electron chi connectivity index (χ1n) is 2.90. The Bertz CT molecular complexity index is 147. The van der Waals surface area contributed by atoms with Gasteiger partial charge in [-0.05, 0) is 11.8 Å². The maximum absolute atomic E-state index is 10.6. The molecule has 0 spiro atoms. The van der Waals surface area contributed by atoms with Gasteiger partial charge >= 0.3 is 5.97 Å². The molecule has 0 aliphatic carbocycles. The average Bonchev–Trinajstić information content (AvgIpc) is 1.85. The summed E-state index contributed by atoms with van der Waals surface area (Å²) in [6.45, 7) is 1.75. The Morgan fingerprint density at radius 3 is 2.60 bits per heavy atom. The Morgan fingerprint density at radius 2 is 2.30 bits per heavy atom. The number of methoxy groups -OCH3 is 1. The number of hydrogen-bond acceptors (Lipinski definition) is 4. The molecule has 3 nitrogen and oxygen atoms in total. The van der Waals surface area contributed by atoms with Crippen LogP contribution in [0.3, 0.4) is 0 Å². The van der Waals surface area contributed by atoms with Crippen LogP contribution in [0.25, 0.3) is 0 Å². The zero-order valence-corrected chi connectivity index (χ0v) is 6.90. The molecule has 2 N–H and O–H groups in total. The molecule has 0 heterocycles. The standard InChI is InChI=1S/C6H11NO2S/c1-4(10)3-5(7)6(8)9-2/h5H,3,7H2,1-2H3. The van der Waals surface area contributed by atoms with E-state index >= 15 is 0 Å². The highest BCUT2D eigenvalue weighted by atomic mass is 32.1. The Kier molecular flexibility index (Phi) is 4.14. The van der Waals surface area contributed by atoms with Gasteiger partial charge in [0.15, 0.2) is 0 Å². The van der Waals surface area contributed by atoms with Gasteiger partial charge in [-0.2, -0.15) is 0 Å². The minimum absolute atomic E-state index is 0.413. The SMILES string of the molecule is COC(=O)C(N)CC(C)=S. The maximum atomic E-state index is 10.6. The van der Waals surface area contributed by atoms with Crippen LogP contribution in [0.4, 0.5) is 0 Å². The molecule has 0 saturated carbocycles. The molecule has 0 aromatic rings. The van der Waals surface area contributed by atoms with Gasteiger partial charge < -0.3 is 10.5 Å². The number of ether oxygens (including phenoxy) is 1. The Hall–Kier alpha value is -0.480. The van der Waals surface area contributed by atoms with Crippen molar-refractivity contribution in [2.45, 2.75) is 19.4 Å². The number of thiocarbonyl (C=S) groups is 1. The van der Waals surface area contributed by atoms with Crippen LogP contribution in [0.15, 0.2) is 0 Å². The van der Waals surface area contributed by atoms with Crippen LogP contribution < -0.4 is 5.73 Å². The van der Waals surface area contributed by atoms with Crippen LogP contribution in [0.2, 0.25) is 0 Å². The summed E-state index contributed by atoms with van der Waals surface area (Å²) < 4.78 is 4.39. The molecule has 0 aliphatic rings. The fourth-order valence-corrected chi connectivity index (χ4v) is 0.724. The molecule has 0 fully saturated rings. The number of hydrogen-bond donors (Lipinski definition) is 1. The number of carbonyl (C=O) groups is 1. The van der Waals surface area contributed by atoms with E-state index in [2.05, 4.69) is 4.74 Å². The molecular formula is C6H11NO2S. The number of carbonyl (C=O) groups excluding carboxylic acids is 1. The molecule has 0 bridgehead atoms. The van der Waals surface area contributed by atoms with Gasteiger partial charge in [0.2, 0.25) is 0 Å². The lowest BCUT2D eigenvalue weighted by Crippen LogP contribution is -2.32. The molecule has 10 heavy (non-hydrogen) atoms. The molecule has 0 amide bonds. The number of nitrogens with two attached hydrogens (primary N) is 1. The topological polar surface area (TPSA) is 52.3 Å². The molecule has 0 rings (SSSR count). The highest BCUT2D eigenvalue weighted by Gasteiger charge is 2.13. The largest absolute Gasteiger partial charge is 0.468 e. The van der Waals surface area contributed by atoms with Crippen LogP contribution in [0.5, 0.6) is 0 Å². The third kappa shape index (κ3) is 3.53. The fraction of sp³-hybridized carbons (Fsp3) is 0.667. The predicted molar refractivity (Wildman–Crippen MR) is 42.9 cm³/mol. The summed E-state index contributed by atoms with van der Waals surface area (Å²) in [5, 5.41) is 0. The molecule has 1 atom stereocenters. The van der Waals surface area contributed by atoms with Gasteiger partial charge in [-0.15, -0.1) is 0 Å². The maximum Gasteiger partial charge on any atom is 0.322 e. The highest BCUT2D eigenvalue weighted by molar-refractivity contribution is 7.80. The van der Waals surface area contributed by atoms with Gasteiger partial charge in [0, 0.05) is 6.42 Å². The molecule has 4 heteroatoms. The van der Waals surface area contributed by atoms with Crippen molar-refractivity contribution >= 4 is 23.1 Å². The summed E-state index contributed by atoms with van der Waals surface area (Å²) in [5.41, 5.74) is 5.37. The van der Waals surface area contributed by atoms with Crippen molar-refractivity contribution in [2.75, 3.05) is 7.11 Å². The van der Waals surface area contributed by atoms with E-state index in [1.165, 1.54) is 7.11 Å². The van der Waals surface area contributed by atoms with E-state index < -0.39 is 12.0 Å². The van der Waals surface area contributed by atoms with Crippen molar-refractivity contribution < 1.29 is 9.53 Å². The van der Waals surface area contributed by atoms with Crippen molar-refractivity contribution in [3.63, 3.8) is 0 Å². The number of rotatable bonds is 3. The van der Waals surface area contributed by atoms with E-state index in [0.717, 1.165) is 4.86 Å². The molecular weight excluding hydrogens is 150 g/mol. The van der Waals surface area contributed by atoms with E-state index in [0.29, 0.717) is 6.42 Å². The van der Waals surface area contributed by atoms with Crippen molar-refractivity contribution in [1.29, 1.82) is 0 Å². The van der Waals surface area contributed by atoms with Crippen molar-refractivity contribution in [3.05, 3.63) is 0 Å². The summed E-state index contributed by atoms with van der Waals surface area (Å²) in [6, 6.07) is -0.595. The van der Waals surface area contributed by atoms with Crippen LogP contribution in [0.1, 0.15) is 13.3 Å². The Balaban J connectivity index is 3.72. The summed E-state index contributed by atoms with van der Waals surface area (Å²) >= 11 is 4.75. The molecule has 58 valence electrons. The van der Waals surface area contributed by atoms with Gasteiger partial charge in [0.05, 0.1) is 7.11 Å². The smallest absolute Gasteiger partial charge is 0.322 e. The van der Waals surface area contributed by atoms with Gasteiger partial charge in [-0.25, -0.2) is 0 Å². The second kappa shape index (κ2) is 4.35. The first kappa shape index (κ1) is 9.52. The van der Waals surface area contributed by atoms with Gasteiger partial charge in [-0.1, -0.05) is 12.2 Å². The molecule has 0 aliphatic heterocycles. The first-order valence-corrected chi connectivity index (χ1v) is 3.31. The molecule has 0 radical (unpaired) electrons. The first-order chi connectivity index (χ1) is 4.57. The normalized spacial score (nSPS) is 12.3. The summed E-state index contributed by atoms with van der Waals surface area (Å²) in [5.74, 6) is -0.413. The van der Waals surface area contributed by atoms with E-state index in [4.69, 9.17) is 18.0 Å². The summed E-state index contributed by atoms with van der Waals surface area (Å²) in [6.07, 6.45) is 0.419. The highest BCUT2D eigenvalue weighted by Crippen LogP contribution is 1.93. The zero-order chi connectivity index (χ0) is 8.15. The van der Waals surface area contributed by atoms with Crippen molar-refractivity contribution in [3.8, 4) is 0 Å². The van der Waals surface area contributed by atoms with Gasteiger partial charge in [-0.3, -0.25) is 4.79 Å².